The van der Waals surface area contributed by atoms with Crippen molar-refractivity contribution in [2.24, 2.45) is 0 Å². The summed E-state index contributed by atoms with van der Waals surface area (Å²) >= 11 is 25.0. The summed E-state index contributed by atoms with van der Waals surface area (Å²) in [6.07, 6.45) is 0. The molecule has 10 aromatic rings. The summed E-state index contributed by atoms with van der Waals surface area (Å²) in [5, 5.41) is 47.6. The highest BCUT2D eigenvalue weighted by atomic mass is 35.5. The molecule has 0 unspecified atom stereocenters. The lowest BCUT2D eigenvalue weighted by Crippen LogP contribution is -2.39. The number of hydrogen-bond acceptors (Lipinski definition) is 22. The Balaban J connectivity index is 0.000000151. The van der Waals surface area contributed by atoms with Crippen LogP contribution in [-0.2, 0) is 57.1 Å². The zero-order valence-corrected chi connectivity index (χ0v) is 80.3. The van der Waals surface area contributed by atoms with E-state index >= 15 is 0 Å². The maximum Gasteiger partial charge on any atom is 0.152 e. The topological polar surface area (TPSA) is 213 Å². The lowest BCUT2D eigenvalue weighted by atomic mass is 10.1. The number of nitrogens with zero attached hydrogens (tertiary/aromatic N) is 10. The molecule has 15 rings (SSSR count). The van der Waals surface area contributed by atoms with E-state index in [1.807, 2.05) is 133 Å². The molecular weight excluding hydrogens is 1760 g/mol. The van der Waals surface area contributed by atoms with Crippen LogP contribution >= 0.6 is 106 Å². The first-order valence-corrected chi connectivity index (χ1v) is 52.0. The van der Waals surface area contributed by atoms with Gasteiger partial charge in [-0.3, -0.25) is 24.5 Å². The van der Waals surface area contributed by atoms with Crippen LogP contribution in [0.15, 0.2) is 231 Å². The van der Waals surface area contributed by atoms with E-state index in [-0.39, 0.29) is 23.0 Å². The predicted molar refractivity (Wildman–Crippen MR) is 516 cm³/mol. The van der Waals surface area contributed by atoms with Gasteiger partial charge in [0.15, 0.2) is 19.7 Å². The molecular formula is C98H104Cl2N10O5S9. The molecule has 15 nitrogen and oxygen atoms in total. The lowest BCUT2D eigenvalue weighted by Gasteiger charge is -2.27. The van der Waals surface area contributed by atoms with Gasteiger partial charge >= 0.3 is 0 Å². The van der Waals surface area contributed by atoms with Crippen LogP contribution in [0.25, 0.3) is 0 Å². The number of ether oxygens (including phenoxy) is 1. The van der Waals surface area contributed by atoms with E-state index in [0.29, 0.717) is 55.4 Å². The zero-order valence-electron chi connectivity index (χ0n) is 71.4. The van der Waals surface area contributed by atoms with Gasteiger partial charge in [-0.05, 0) is 292 Å². The zero-order chi connectivity index (χ0) is 88.3. The molecule has 644 valence electrons. The summed E-state index contributed by atoms with van der Waals surface area (Å²) in [4.78, 5) is 23.4. The highest BCUT2D eigenvalue weighted by molar-refractivity contribution is 8.01. The Hall–Kier alpha value is -7.66. The molecule has 0 bridgehead atoms. The van der Waals surface area contributed by atoms with Crippen molar-refractivity contribution in [3.63, 3.8) is 0 Å². The average Bonchev–Trinajstić information content (AvgIpc) is 0.840. The number of aryl methyl sites for hydroxylation is 8. The third kappa shape index (κ3) is 31.7. The highest BCUT2D eigenvalue weighted by Gasteiger charge is 2.26. The van der Waals surface area contributed by atoms with Gasteiger partial charge in [-0.15, -0.1) is 0 Å². The molecule has 5 aliphatic heterocycles. The number of thioether (sulfide) groups is 2. The minimum atomic E-state index is -2.90. The van der Waals surface area contributed by atoms with Crippen LogP contribution in [-0.4, -0.2) is 166 Å². The normalized spacial score (nSPS) is 15.9. The van der Waals surface area contributed by atoms with Crippen molar-refractivity contribution < 1.29 is 21.6 Å². The van der Waals surface area contributed by atoms with Crippen LogP contribution in [0.2, 0.25) is 10.0 Å². The second-order valence-corrected chi connectivity index (χ2v) is 45.1. The molecule has 5 aliphatic rings. The SMILES string of the molecule is Cc1cc(C)cc(Sc2ccc(C#N)cc2CN2CCOCC2)c1.Cc1cc(C)cc(Sc2ccc(C#N)cc2CN2CCS(=O)(=O)CC2)c1.Cc1cc(C)cc(Sc2ccc(C#N)cc2CN2CCSCC2)c1.Cc1cc(Cl)cc(Sc2ccc(C#N)cc2CN2CCS(=O)(=O)CC2)c1.Cc1cc(Cl)cc(Sc2ccc(C#N)cc2CN2CCSCC2)c1. The summed E-state index contributed by atoms with van der Waals surface area (Å²) in [7, 11) is -5.79. The second kappa shape index (κ2) is 47.9. The second-order valence-electron chi connectivity index (χ2n) is 31.6. The number of halogens is 2. The van der Waals surface area contributed by atoms with Gasteiger partial charge < -0.3 is 4.74 Å². The Kier molecular flexibility index (Phi) is 37.5. The molecule has 5 saturated heterocycles. The van der Waals surface area contributed by atoms with Crippen LogP contribution in [0.3, 0.4) is 0 Å². The van der Waals surface area contributed by atoms with Crippen LogP contribution < -0.4 is 0 Å². The summed E-state index contributed by atoms with van der Waals surface area (Å²) in [5.74, 6) is 5.60. The van der Waals surface area contributed by atoms with Gasteiger partial charge in [0.2, 0.25) is 0 Å². The van der Waals surface area contributed by atoms with E-state index in [2.05, 4.69) is 194 Å². The van der Waals surface area contributed by atoms with Gasteiger partial charge in [-0.2, -0.15) is 49.8 Å². The number of morpholine rings is 1. The first-order valence-electron chi connectivity index (χ1n) is 41.2. The molecule has 0 atom stereocenters. The van der Waals surface area contributed by atoms with Crippen LogP contribution in [0, 0.1) is 112 Å². The van der Waals surface area contributed by atoms with Crippen molar-refractivity contribution in [1.29, 1.82) is 26.3 Å². The maximum absolute atomic E-state index is 11.6. The monoisotopic (exact) mass is 1860 g/mol. The van der Waals surface area contributed by atoms with Gasteiger partial charge in [0.25, 0.3) is 0 Å². The average molecular weight is 1860 g/mol. The van der Waals surface area contributed by atoms with Gasteiger partial charge in [-0.1, -0.05) is 100 Å². The van der Waals surface area contributed by atoms with E-state index < -0.39 is 19.7 Å². The fourth-order valence-electron chi connectivity index (χ4n) is 14.8. The van der Waals surface area contributed by atoms with E-state index in [0.717, 1.165) is 136 Å². The van der Waals surface area contributed by atoms with Crippen molar-refractivity contribution in [2.45, 2.75) is 137 Å². The Morgan fingerprint density at radius 2 is 0.508 bits per heavy atom. The van der Waals surface area contributed by atoms with Crippen LogP contribution in [0.1, 0.15) is 100 Å². The number of nitriles is 5. The van der Waals surface area contributed by atoms with E-state index in [4.69, 9.17) is 27.9 Å². The van der Waals surface area contributed by atoms with Crippen molar-refractivity contribution in [3.8, 4) is 30.3 Å². The Morgan fingerprint density at radius 1 is 0.298 bits per heavy atom. The molecule has 0 aliphatic carbocycles. The number of hydrogen-bond donors (Lipinski definition) is 0. The Labute approximate surface area is 774 Å². The maximum atomic E-state index is 11.6. The van der Waals surface area contributed by atoms with Gasteiger partial charge in [-0.25, -0.2) is 16.8 Å². The first-order chi connectivity index (χ1) is 59.6. The number of benzene rings is 10. The molecule has 0 amide bonds. The summed E-state index contributed by atoms with van der Waals surface area (Å²) in [6, 6.07) is 72.5. The van der Waals surface area contributed by atoms with E-state index in [1.54, 1.807) is 47.0 Å². The third-order valence-electron chi connectivity index (χ3n) is 20.9. The largest absolute Gasteiger partial charge is 0.379 e. The van der Waals surface area contributed by atoms with Gasteiger partial charge in [0.05, 0.1) is 94.4 Å². The molecule has 5 fully saturated rings. The smallest absolute Gasteiger partial charge is 0.152 e. The van der Waals surface area contributed by atoms with Crippen molar-refractivity contribution in [1.82, 2.24) is 24.5 Å². The van der Waals surface area contributed by atoms with E-state index in [9.17, 15) is 43.1 Å². The number of rotatable bonds is 20. The molecule has 10 aromatic carbocycles. The van der Waals surface area contributed by atoms with Gasteiger partial charge in [0.1, 0.15) is 0 Å². The van der Waals surface area contributed by atoms with E-state index in [1.165, 1.54) is 102 Å². The molecule has 26 heteroatoms. The fraction of sp³-hybridized carbons (Fsp3) is 0.337. The summed E-state index contributed by atoms with van der Waals surface area (Å²) in [5.41, 5.74) is 19.1. The highest BCUT2D eigenvalue weighted by Crippen LogP contribution is 2.40. The van der Waals surface area contributed by atoms with Crippen molar-refractivity contribution >= 4 is 125 Å². The lowest BCUT2D eigenvalue weighted by molar-refractivity contribution is 0.0338. The number of sulfone groups is 2. The molecule has 0 N–H and O–H groups in total. The molecule has 124 heavy (non-hydrogen) atoms. The fourth-order valence-corrected chi connectivity index (χ4v) is 25.6. The van der Waals surface area contributed by atoms with Crippen molar-refractivity contribution in [3.05, 3.63) is 292 Å². The van der Waals surface area contributed by atoms with Crippen molar-refractivity contribution in [2.75, 3.05) is 125 Å². The molecule has 0 spiro atoms. The first kappa shape index (κ1) is 97.0. The Bertz CT molecular complexity index is 5270. The standard InChI is InChI=1S/C20H22N2O2S2.C20H22N2OS.C20H22N2S2.C19H19ClN2O2S2.C19H19ClN2S2/c1-15-9-16(2)11-19(10-15)25-20-4-3-17(13-21)12-18(20)14-22-5-7-26(23,24)8-6-22;2*1-15-9-16(2)11-19(10-15)24-20-4-3-17(13-21)12-18(20)14-22-5-7-23-8-6-22;1-14-8-17(20)11-18(9-14)25-19-3-2-15(12-21)10-16(19)13-22-4-6-26(23,24)7-5-22;1-14-8-17(20)11-18(9-14)24-19-3-2-15(12-21)10-16(19)13-22-4-6-23-7-5-22/h3-4,9-12H,5-8,14H2,1-2H3;2*3-4,9-12H,5-8,14H2,1-2H3;2-3,8-11H,4-7,13H2,1H3;2-3,8-11H,4-7,13H2,1H3. The minimum absolute atomic E-state index is 0.195. The Morgan fingerprint density at radius 3 is 0.734 bits per heavy atom. The molecule has 0 saturated carbocycles. The van der Waals surface area contributed by atoms with Crippen LogP contribution in [0.4, 0.5) is 0 Å². The predicted octanol–water partition coefficient (Wildman–Crippen LogP) is 21.7. The quantitative estimate of drug-likeness (QED) is 0.0694. The molecule has 0 aromatic heterocycles. The third-order valence-corrected chi connectivity index (χ3v) is 31.8. The summed E-state index contributed by atoms with van der Waals surface area (Å²) in [6.45, 7) is 30.9. The minimum Gasteiger partial charge on any atom is -0.379 e. The molecule has 0 radical (unpaired) electrons. The summed E-state index contributed by atoms with van der Waals surface area (Å²) < 4.78 is 52.0. The molecule has 5 heterocycles. The van der Waals surface area contributed by atoms with Crippen LogP contribution in [0.5, 0.6) is 0 Å². The van der Waals surface area contributed by atoms with Gasteiger partial charge in [0, 0.05) is 180 Å².